The van der Waals surface area contributed by atoms with Crippen molar-refractivity contribution in [1.29, 1.82) is 0 Å². The van der Waals surface area contributed by atoms with E-state index in [-0.39, 0.29) is 24.4 Å². The fourth-order valence-corrected chi connectivity index (χ4v) is 2.86. The lowest BCUT2D eigenvalue weighted by Gasteiger charge is -2.22. The van der Waals surface area contributed by atoms with E-state index in [4.69, 9.17) is 4.74 Å². The molecule has 0 saturated carbocycles. The lowest BCUT2D eigenvalue weighted by Crippen LogP contribution is -2.40. The number of nitrogens with zero attached hydrogens (tertiary/aromatic N) is 1. The molecule has 0 unspecified atom stereocenters. The van der Waals surface area contributed by atoms with Crippen LogP contribution in [0.15, 0.2) is 24.3 Å². The molecule has 23 heavy (non-hydrogen) atoms. The summed E-state index contributed by atoms with van der Waals surface area (Å²) in [7, 11) is 0. The molecule has 1 saturated heterocycles. The third kappa shape index (κ3) is 4.92. The number of hydrogen-bond acceptors (Lipinski definition) is 4. The maximum atomic E-state index is 11.9. The minimum atomic E-state index is -0.449. The normalized spacial score (nSPS) is 20.5. The Morgan fingerprint density at radius 3 is 2.91 bits per heavy atom. The topological polar surface area (TPSA) is 93.5 Å². The minimum Gasteiger partial charge on any atom is -0.378 e. The number of benzene rings is 1. The first-order valence-electron chi connectivity index (χ1n) is 7.84. The van der Waals surface area contributed by atoms with Crippen molar-refractivity contribution in [2.24, 2.45) is 11.8 Å². The second-order valence-corrected chi connectivity index (χ2v) is 6.12. The van der Waals surface area contributed by atoms with E-state index in [0.29, 0.717) is 23.9 Å². The Bertz CT molecular complexity index is 562. The maximum absolute atomic E-state index is 11.9. The zero-order valence-corrected chi connectivity index (χ0v) is 13.5. The van der Waals surface area contributed by atoms with Crippen LogP contribution in [0.25, 0.3) is 0 Å². The first-order valence-corrected chi connectivity index (χ1v) is 7.84. The van der Waals surface area contributed by atoms with Crippen LogP contribution < -0.4 is 10.6 Å². The van der Waals surface area contributed by atoms with E-state index < -0.39 is 4.92 Å². The van der Waals surface area contributed by atoms with Crippen LogP contribution in [0.2, 0.25) is 0 Å². The van der Waals surface area contributed by atoms with Crippen LogP contribution in [-0.2, 0) is 11.3 Å². The first kappa shape index (κ1) is 17.2. The summed E-state index contributed by atoms with van der Waals surface area (Å²) in [5, 5.41) is 16.3. The van der Waals surface area contributed by atoms with Gasteiger partial charge >= 0.3 is 6.03 Å². The summed E-state index contributed by atoms with van der Waals surface area (Å²) in [6.07, 6.45) is 1.14. The second kappa shape index (κ2) is 7.92. The number of ether oxygens (including phenoxy) is 1. The molecule has 1 heterocycles. The molecule has 1 fully saturated rings. The van der Waals surface area contributed by atoms with Gasteiger partial charge in [-0.3, -0.25) is 10.1 Å². The number of non-ortho nitro benzene ring substituents is 1. The molecule has 1 aliphatic heterocycles. The highest BCUT2D eigenvalue weighted by Gasteiger charge is 2.30. The number of amides is 2. The summed E-state index contributed by atoms with van der Waals surface area (Å²) in [6, 6.07) is 5.96. The molecule has 1 aromatic carbocycles. The Morgan fingerprint density at radius 2 is 2.22 bits per heavy atom. The predicted molar refractivity (Wildman–Crippen MR) is 86.0 cm³/mol. The van der Waals surface area contributed by atoms with Crippen molar-refractivity contribution in [3.05, 3.63) is 39.9 Å². The molecule has 0 aromatic heterocycles. The number of carbonyl (C=O) groups is 1. The number of hydrogen-bond donors (Lipinski definition) is 2. The average Bonchev–Trinajstić information content (AvgIpc) is 3.00. The van der Waals surface area contributed by atoms with Gasteiger partial charge in [0.15, 0.2) is 0 Å². The van der Waals surface area contributed by atoms with Crippen molar-refractivity contribution in [2.75, 3.05) is 13.2 Å². The molecule has 7 heteroatoms. The summed E-state index contributed by atoms with van der Waals surface area (Å²) >= 11 is 0. The van der Waals surface area contributed by atoms with Crippen molar-refractivity contribution >= 4 is 11.7 Å². The van der Waals surface area contributed by atoms with Gasteiger partial charge in [-0.15, -0.1) is 0 Å². The molecule has 0 radical (unpaired) electrons. The van der Waals surface area contributed by atoms with E-state index in [1.165, 1.54) is 12.1 Å². The van der Waals surface area contributed by atoms with E-state index >= 15 is 0 Å². The fourth-order valence-electron chi connectivity index (χ4n) is 2.86. The van der Waals surface area contributed by atoms with Crippen molar-refractivity contribution < 1.29 is 14.5 Å². The number of carbonyl (C=O) groups excluding carboxylic acids is 1. The maximum Gasteiger partial charge on any atom is 0.315 e. The number of nitro groups is 1. The molecule has 126 valence electrons. The Labute approximate surface area is 135 Å². The molecule has 2 N–H and O–H groups in total. The van der Waals surface area contributed by atoms with Crippen LogP contribution in [0.4, 0.5) is 10.5 Å². The third-order valence-electron chi connectivity index (χ3n) is 4.02. The third-order valence-corrected chi connectivity index (χ3v) is 4.02. The van der Waals surface area contributed by atoms with Crippen molar-refractivity contribution in [3.8, 4) is 0 Å². The van der Waals surface area contributed by atoms with Gasteiger partial charge in [-0.1, -0.05) is 26.0 Å². The molecular formula is C16H23N3O4. The van der Waals surface area contributed by atoms with Gasteiger partial charge in [-0.2, -0.15) is 0 Å². The first-order chi connectivity index (χ1) is 11.0. The lowest BCUT2D eigenvalue weighted by molar-refractivity contribution is -0.384. The summed E-state index contributed by atoms with van der Waals surface area (Å²) in [6.45, 7) is 5.80. The molecule has 0 aliphatic carbocycles. The van der Waals surface area contributed by atoms with Crippen LogP contribution in [0, 0.1) is 22.0 Å². The predicted octanol–water partition coefficient (Wildman–Crippen LogP) is 2.46. The van der Waals surface area contributed by atoms with Gasteiger partial charge in [0.2, 0.25) is 0 Å². The van der Waals surface area contributed by atoms with Crippen LogP contribution in [0.5, 0.6) is 0 Å². The van der Waals surface area contributed by atoms with E-state index in [0.717, 1.165) is 13.0 Å². The van der Waals surface area contributed by atoms with E-state index in [2.05, 4.69) is 24.5 Å². The van der Waals surface area contributed by atoms with Gasteiger partial charge < -0.3 is 15.4 Å². The molecule has 1 aromatic rings. The molecule has 2 rings (SSSR count). The van der Waals surface area contributed by atoms with Crippen LogP contribution in [0.3, 0.4) is 0 Å². The Balaban J connectivity index is 1.77. The summed E-state index contributed by atoms with van der Waals surface area (Å²) in [4.78, 5) is 22.1. The standard InChI is InChI=1S/C16H23N3O4/c1-11(2)15-13(6-7-23-15)10-18-16(20)17-9-12-4-3-5-14(8-12)19(21)22/h3-5,8,11,13,15H,6-7,9-10H2,1-2H3,(H2,17,18,20)/t13-,15+/m1/s1. The second-order valence-electron chi connectivity index (χ2n) is 6.12. The highest BCUT2D eigenvalue weighted by Crippen LogP contribution is 2.26. The molecule has 1 aliphatic rings. The molecule has 7 nitrogen and oxygen atoms in total. The van der Waals surface area contributed by atoms with E-state index in [9.17, 15) is 14.9 Å². The monoisotopic (exact) mass is 321 g/mol. The molecule has 2 atom stereocenters. The van der Waals surface area contributed by atoms with Crippen LogP contribution >= 0.6 is 0 Å². The van der Waals surface area contributed by atoms with Gasteiger partial charge in [-0.05, 0) is 17.9 Å². The van der Waals surface area contributed by atoms with Gasteiger partial charge in [0.1, 0.15) is 0 Å². The van der Waals surface area contributed by atoms with Gasteiger partial charge in [0, 0.05) is 37.7 Å². The van der Waals surface area contributed by atoms with E-state index in [1.807, 2.05) is 0 Å². The molecular weight excluding hydrogens is 298 g/mol. The molecule has 0 spiro atoms. The van der Waals surface area contributed by atoms with Gasteiger partial charge in [-0.25, -0.2) is 4.79 Å². The molecule has 2 amide bonds. The fraction of sp³-hybridized carbons (Fsp3) is 0.562. The van der Waals surface area contributed by atoms with Crippen molar-refractivity contribution in [1.82, 2.24) is 10.6 Å². The smallest absolute Gasteiger partial charge is 0.315 e. The quantitative estimate of drug-likeness (QED) is 0.621. The average molecular weight is 321 g/mol. The minimum absolute atomic E-state index is 0.0209. The number of rotatable bonds is 6. The van der Waals surface area contributed by atoms with Crippen LogP contribution in [-0.4, -0.2) is 30.2 Å². The number of urea groups is 1. The summed E-state index contributed by atoms with van der Waals surface area (Å²) < 4.78 is 5.69. The van der Waals surface area contributed by atoms with Gasteiger partial charge in [0.05, 0.1) is 11.0 Å². The van der Waals surface area contributed by atoms with Crippen molar-refractivity contribution in [3.63, 3.8) is 0 Å². The lowest BCUT2D eigenvalue weighted by atomic mass is 9.93. The highest BCUT2D eigenvalue weighted by molar-refractivity contribution is 5.73. The van der Waals surface area contributed by atoms with Crippen molar-refractivity contribution in [2.45, 2.75) is 32.9 Å². The largest absolute Gasteiger partial charge is 0.378 e. The van der Waals surface area contributed by atoms with Gasteiger partial charge in [0.25, 0.3) is 5.69 Å². The SMILES string of the molecule is CC(C)[C@@H]1OCC[C@@H]1CNC(=O)NCc1cccc([N+](=O)[O-])c1. The Kier molecular flexibility index (Phi) is 5.92. The molecule has 0 bridgehead atoms. The van der Waals surface area contributed by atoms with Crippen LogP contribution in [0.1, 0.15) is 25.8 Å². The van der Waals surface area contributed by atoms with E-state index in [1.54, 1.807) is 12.1 Å². The zero-order chi connectivity index (χ0) is 16.8. The zero-order valence-electron chi connectivity index (χ0n) is 13.5. The Hall–Kier alpha value is -2.15. The summed E-state index contributed by atoms with van der Waals surface area (Å²) in [5.74, 6) is 0.760. The number of nitro benzene ring substituents is 1. The number of nitrogens with one attached hydrogen (secondary N) is 2. The Morgan fingerprint density at radius 1 is 1.43 bits per heavy atom. The summed E-state index contributed by atoms with van der Waals surface area (Å²) in [5.41, 5.74) is 0.714. The highest BCUT2D eigenvalue weighted by atomic mass is 16.6.